The SMILES string of the molecule is CCN(CC1COc2ccccc2O1)C(=O)CN1C(=O)NC(C)(c2ccccc2C)C1=O. The highest BCUT2D eigenvalue weighted by atomic mass is 16.6. The van der Waals surface area contributed by atoms with Gasteiger partial charge < -0.3 is 19.7 Å². The second-order valence-corrected chi connectivity index (χ2v) is 8.19. The number of nitrogens with zero attached hydrogens (tertiary/aromatic N) is 2. The molecule has 1 saturated heterocycles. The minimum absolute atomic E-state index is 0.294. The predicted octanol–water partition coefficient (Wildman–Crippen LogP) is 2.45. The van der Waals surface area contributed by atoms with E-state index in [1.165, 1.54) is 0 Å². The van der Waals surface area contributed by atoms with Crippen molar-refractivity contribution in [2.24, 2.45) is 0 Å². The zero-order valence-corrected chi connectivity index (χ0v) is 18.5. The van der Waals surface area contributed by atoms with Crippen LogP contribution in [-0.2, 0) is 15.1 Å². The third-order valence-electron chi connectivity index (χ3n) is 5.98. The van der Waals surface area contributed by atoms with E-state index in [1.807, 2.05) is 62.4 Å². The van der Waals surface area contributed by atoms with Gasteiger partial charge in [0.2, 0.25) is 5.91 Å². The first kappa shape index (κ1) is 21.7. The molecular weight excluding hydrogens is 410 g/mol. The van der Waals surface area contributed by atoms with Crippen LogP contribution in [0.3, 0.4) is 0 Å². The summed E-state index contributed by atoms with van der Waals surface area (Å²) in [7, 11) is 0. The molecule has 0 radical (unpaired) electrons. The second-order valence-electron chi connectivity index (χ2n) is 8.19. The van der Waals surface area contributed by atoms with E-state index >= 15 is 0 Å². The number of likely N-dealkylation sites (N-methyl/N-ethyl adjacent to an activating group) is 1. The molecule has 2 heterocycles. The topological polar surface area (TPSA) is 88.2 Å². The number of hydrogen-bond donors (Lipinski definition) is 1. The van der Waals surface area contributed by atoms with Gasteiger partial charge in [0.15, 0.2) is 17.6 Å². The molecule has 2 aliphatic heterocycles. The Balaban J connectivity index is 1.44. The largest absolute Gasteiger partial charge is 0.486 e. The van der Waals surface area contributed by atoms with Crippen molar-refractivity contribution in [2.75, 3.05) is 26.2 Å². The molecule has 0 spiro atoms. The summed E-state index contributed by atoms with van der Waals surface area (Å²) in [6.45, 7) is 6.10. The number of aryl methyl sites for hydroxylation is 1. The first-order chi connectivity index (χ1) is 15.3. The first-order valence-corrected chi connectivity index (χ1v) is 10.7. The highest BCUT2D eigenvalue weighted by Gasteiger charge is 2.50. The molecule has 0 bridgehead atoms. The Bertz CT molecular complexity index is 1060. The summed E-state index contributed by atoms with van der Waals surface area (Å²) >= 11 is 0. The first-order valence-electron chi connectivity index (χ1n) is 10.7. The van der Waals surface area contributed by atoms with Crippen LogP contribution in [-0.4, -0.2) is 60.0 Å². The van der Waals surface area contributed by atoms with E-state index in [1.54, 1.807) is 11.8 Å². The standard InChI is InChI=1S/C24H27N3O5/c1-4-26(13-17-15-31-19-11-7-8-12-20(19)32-17)21(28)14-27-22(29)24(3,25-23(27)30)18-10-6-5-9-16(18)2/h5-12,17H,4,13-15H2,1-3H3,(H,25,30). The second kappa shape index (κ2) is 8.53. The van der Waals surface area contributed by atoms with Crippen LogP contribution in [0.4, 0.5) is 4.79 Å². The maximum atomic E-state index is 13.2. The number of hydrogen-bond acceptors (Lipinski definition) is 5. The lowest BCUT2D eigenvalue weighted by Crippen LogP contribution is -2.48. The van der Waals surface area contributed by atoms with Gasteiger partial charge in [0.25, 0.3) is 5.91 Å². The molecule has 4 rings (SSSR count). The number of nitrogens with one attached hydrogen (secondary N) is 1. The lowest BCUT2D eigenvalue weighted by Gasteiger charge is -2.31. The van der Waals surface area contributed by atoms with Crippen molar-refractivity contribution >= 4 is 17.8 Å². The minimum atomic E-state index is -1.20. The summed E-state index contributed by atoms with van der Waals surface area (Å²) < 4.78 is 11.7. The summed E-state index contributed by atoms with van der Waals surface area (Å²) in [6, 6.07) is 14.2. The van der Waals surface area contributed by atoms with Gasteiger partial charge in [-0.3, -0.25) is 14.5 Å². The molecule has 1 fully saturated rings. The normalized spacial score (nSPS) is 22.0. The highest BCUT2D eigenvalue weighted by molar-refractivity contribution is 6.09. The maximum Gasteiger partial charge on any atom is 0.325 e. The van der Waals surface area contributed by atoms with Crippen LogP contribution in [0.2, 0.25) is 0 Å². The van der Waals surface area contributed by atoms with E-state index in [0.717, 1.165) is 10.5 Å². The summed E-state index contributed by atoms with van der Waals surface area (Å²) in [5.74, 6) is 0.545. The van der Waals surface area contributed by atoms with Gasteiger partial charge in [-0.05, 0) is 44.0 Å². The average molecular weight is 437 g/mol. The van der Waals surface area contributed by atoms with Gasteiger partial charge in [-0.1, -0.05) is 36.4 Å². The van der Waals surface area contributed by atoms with E-state index in [-0.39, 0.29) is 18.6 Å². The molecule has 2 aromatic carbocycles. The molecule has 0 aromatic heterocycles. The smallest absolute Gasteiger partial charge is 0.325 e. The molecule has 4 amide bonds. The van der Waals surface area contributed by atoms with Crippen molar-refractivity contribution in [2.45, 2.75) is 32.4 Å². The Morgan fingerprint density at radius 2 is 1.84 bits per heavy atom. The number of para-hydroxylation sites is 2. The van der Waals surface area contributed by atoms with Crippen molar-refractivity contribution in [3.8, 4) is 11.5 Å². The Hall–Kier alpha value is -3.55. The highest BCUT2D eigenvalue weighted by Crippen LogP contribution is 2.32. The fourth-order valence-electron chi connectivity index (χ4n) is 4.20. The molecule has 2 aromatic rings. The van der Waals surface area contributed by atoms with E-state index in [0.29, 0.717) is 36.8 Å². The Morgan fingerprint density at radius 3 is 2.56 bits per heavy atom. The van der Waals surface area contributed by atoms with Crippen molar-refractivity contribution < 1.29 is 23.9 Å². The van der Waals surface area contributed by atoms with Crippen LogP contribution in [0, 0.1) is 6.92 Å². The monoisotopic (exact) mass is 437 g/mol. The molecule has 2 aliphatic rings. The number of urea groups is 1. The van der Waals surface area contributed by atoms with Crippen molar-refractivity contribution in [3.63, 3.8) is 0 Å². The number of fused-ring (bicyclic) bond motifs is 1. The van der Waals surface area contributed by atoms with E-state index in [4.69, 9.17) is 9.47 Å². The van der Waals surface area contributed by atoms with E-state index < -0.39 is 17.5 Å². The summed E-state index contributed by atoms with van der Waals surface area (Å²) in [6.07, 6.45) is -0.339. The number of ether oxygens (including phenoxy) is 2. The van der Waals surface area contributed by atoms with Crippen LogP contribution in [0.25, 0.3) is 0 Å². The summed E-state index contributed by atoms with van der Waals surface area (Å²) in [4.78, 5) is 41.4. The molecule has 2 atom stereocenters. The van der Waals surface area contributed by atoms with Crippen LogP contribution in [0.15, 0.2) is 48.5 Å². The van der Waals surface area contributed by atoms with Crippen LogP contribution in [0.1, 0.15) is 25.0 Å². The molecular formula is C24H27N3O5. The number of benzene rings is 2. The van der Waals surface area contributed by atoms with Gasteiger partial charge in [0.05, 0.1) is 6.54 Å². The number of imide groups is 1. The summed E-state index contributed by atoms with van der Waals surface area (Å²) in [5.41, 5.74) is 0.401. The van der Waals surface area contributed by atoms with E-state index in [9.17, 15) is 14.4 Å². The molecule has 8 heteroatoms. The molecule has 32 heavy (non-hydrogen) atoms. The Labute approximate surface area is 187 Å². The van der Waals surface area contributed by atoms with Crippen LogP contribution >= 0.6 is 0 Å². The van der Waals surface area contributed by atoms with Gasteiger partial charge in [0.1, 0.15) is 18.7 Å². The molecule has 0 aliphatic carbocycles. The van der Waals surface area contributed by atoms with Crippen molar-refractivity contribution in [1.82, 2.24) is 15.1 Å². The molecule has 1 N–H and O–H groups in total. The Kier molecular flexibility index (Phi) is 5.78. The lowest BCUT2D eigenvalue weighted by molar-refractivity contribution is -0.139. The van der Waals surface area contributed by atoms with Gasteiger partial charge in [-0.2, -0.15) is 0 Å². The fraction of sp³-hybridized carbons (Fsp3) is 0.375. The quantitative estimate of drug-likeness (QED) is 0.702. The molecule has 2 unspecified atom stereocenters. The number of rotatable bonds is 6. The predicted molar refractivity (Wildman–Crippen MR) is 117 cm³/mol. The minimum Gasteiger partial charge on any atom is -0.486 e. The van der Waals surface area contributed by atoms with Crippen LogP contribution in [0.5, 0.6) is 11.5 Å². The number of amides is 4. The number of carbonyl (C=O) groups excluding carboxylic acids is 3. The van der Waals surface area contributed by atoms with Gasteiger partial charge in [-0.25, -0.2) is 4.79 Å². The summed E-state index contributed by atoms with van der Waals surface area (Å²) in [5, 5.41) is 2.76. The van der Waals surface area contributed by atoms with Crippen LogP contribution < -0.4 is 14.8 Å². The lowest BCUT2D eigenvalue weighted by atomic mass is 9.88. The van der Waals surface area contributed by atoms with Crippen molar-refractivity contribution in [1.29, 1.82) is 0 Å². The van der Waals surface area contributed by atoms with E-state index in [2.05, 4.69) is 5.32 Å². The molecule has 0 saturated carbocycles. The molecule has 8 nitrogen and oxygen atoms in total. The number of carbonyl (C=O) groups is 3. The third kappa shape index (κ3) is 3.88. The van der Waals surface area contributed by atoms with Gasteiger partial charge >= 0.3 is 6.03 Å². The molecule has 168 valence electrons. The fourth-order valence-corrected chi connectivity index (χ4v) is 4.20. The Morgan fingerprint density at radius 1 is 1.16 bits per heavy atom. The van der Waals surface area contributed by atoms with Gasteiger partial charge in [0, 0.05) is 6.54 Å². The average Bonchev–Trinajstić information content (AvgIpc) is 3.01. The third-order valence-corrected chi connectivity index (χ3v) is 5.98. The zero-order valence-electron chi connectivity index (χ0n) is 18.5. The maximum absolute atomic E-state index is 13.2. The van der Waals surface area contributed by atoms with Crippen molar-refractivity contribution in [3.05, 3.63) is 59.7 Å². The zero-order chi connectivity index (χ0) is 22.9. The van der Waals surface area contributed by atoms with Gasteiger partial charge in [-0.15, -0.1) is 0 Å².